The molecule has 10 heteroatoms. The van der Waals surface area contributed by atoms with E-state index < -0.39 is 16.5 Å². The Morgan fingerprint density at radius 3 is 2.52 bits per heavy atom. The number of nitro benzene ring substituents is 1. The molecular weight excluding hydrogens is 409 g/mol. The van der Waals surface area contributed by atoms with Gasteiger partial charge in [-0.05, 0) is 31.8 Å². The minimum absolute atomic E-state index is 0.112. The van der Waals surface area contributed by atoms with Crippen LogP contribution in [0.25, 0.3) is 0 Å². The molecular formula is C21H26FN3O6. The number of likely N-dealkylation sites (N-methyl/N-ethyl adjacent to an activating group) is 1. The van der Waals surface area contributed by atoms with Crippen LogP contribution in [-0.4, -0.2) is 63.8 Å². The number of rotatable bonds is 11. The summed E-state index contributed by atoms with van der Waals surface area (Å²) in [4.78, 5) is 25.5. The first kappa shape index (κ1) is 24.0. The van der Waals surface area contributed by atoms with Crippen molar-refractivity contribution in [1.82, 2.24) is 10.2 Å². The van der Waals surface area contributed by atoms with Crippen LogP contribution in [0.4, 0.5) is 10.1 Å². The van der Waals surface area contributed by atoms with Crippen LogP contribution < -0.4 is 14.8 Å². The maximum absolute atomic E-state index is 13.6. The van der Waals surface area contributed by atoms with Crippen molar-refractivity contribution in [3.63, 3.8) is 0 Å². The summed E-state index contributed by atoms with van der Waals surface area (Å²) >= 11 is 0. The molecule has 168 valence electrons. The zero-order chi connectivity index (χ0) is 23.0. The zero-order valence-corrected chi connectivity index (χ0v) is 17.9. The first-order valence-corrected chi connectivity index (χ1v) is 9.46. The first-order valence-electron chi connectivity index (χ1n) is 9.46. The lowest BCUT2D eigenvalue weighted by Crippen LogP contribution is -2.34. The van der Waals surface area contributed by atoms with Gasteiger partial charge in [0.05, 0.1) is 30.7 Å². The quantitative estimate of drug-likeness (QED) is 0.329. The number of hydrogen-bond acceptors (Lipinski definition) is 7. The summed E-state index contributed by atoms with van der Waals surface area (Å²) in [7, 11) is 6.46. The van der Waals surface area contributed by atoms with Gasteiger partial charge in [0, 0.05) is 19.7 Å². The molecule has 0 heterocycles. The van der Waals surface area contributed by atoms with Gasteiger partial charge in [0.15, 0.2) is 11.5 Å². The molecule has 2 rings (SSSR count). The maximum atomic E-state index is 13.6. The zero-order valence-electron chi connectivity index (χ0n) is 17.9. The monoisotopic (exact) mass is 435 g/mol. The van der Waals surface area contributed by atoms with Gasteiger partial charge in [0.1, 0.15) is 18.0 Å². The fraction of sp³-hybridized carbons (Fsp3) is 0.381. The minimum Gasteiger partial charge on any atom is -0.493 e. The van der Waals surface area contributed by atoms with Gasteiger partial charge in [0.2, 0.25) is 0 Å². The van der Waals surface area contributed by atoms with Crippen LogP contribution in [-0.2, 0) is 4.74 Å². The molecule has 0 radical (unpaired) electrons. The summed E-state index contributed by atoms with van der Waals surface area (Å²) in [5.41, 5.74) is 0.0786. The third-order valence-electron chi connectivity index (χ3n) is 4.58. The molecule has 0 aliphatic rings. The van der Waals surface area contributed by atoms with Crippen molar-refractivity contribution in [2.24, 2.45) is 0 Å². The van der Waals surface area contributed by atoms with Gasteiger partial charge in [-0.2, -0.15) is 0 Å². The van der Waals surface area contributed by atoms with Gasteiger partial charge in [0.25, 0.3) is 11.6 Å². The molecule has 9 nitrogen and oxygen atoms in total. The summed E-state index contributed by atoms with van der Waals surface area (Å²) in [6, 6.07) is 8.13. The third-order valence-corrected chi connectivity index (χ3v) is 4.58. The summed E-state index contributed by atoms with van der Waals surface area (Å²) in [6.45, 7) is 0.555. The van der Waals surface area contributed by atoms with E-state index >= 15 is 0 Å². The van der Waals surface area contributed by atoms with Crippen molar-refractivity contribution in [2.45, 2.75) is 6.04 Å². The fourth-order valence-corrected chi connectivity index (χ4v) is 2.99. The van der Waals surface area contributed by atoms with Crippen LogP contribution in [0, 0.1) is 15.9 Å². The number of nitro groups is 1. The molecule has 0 aliphatic heterocycles. The Morgan fingerprint density at radius 2 is 1.94 bits per heavy atom. The molecule has 0 fully saturated rings. The number of nitrogens with zero attached hydrogens (tertiary/aromatic N) is 2. The number of amides is 1. The lowest BCUT2D eigenvalue weighted by atomic mass is 10.1. The highest BCUT2D eigenvalue weighted by Crippen LogP contribution is 2.35. The van der Waals surface area contributed by atoms with Gasteiger partial charge in [-0.15, -0.1) is 0 Å². The van der Waals surface area contributed by atoms with E-state index in [0.29, 0.717) is 5.56 Å². The largest absolute Gasteiger partial charge is 0.493 e. The maximum Gasteiger partial charge on any atom is 0.286 e. The Hall–Kier alpha value is -3.24. The molecule has 0 saturated carbocycles. The van der Waals surface area contributed by atoms with Gasteiger partial charge >= 0.3 is 0 Å². The molecule has 1 amide bonds. The van der Waals surface area contributed by atoms with Gasteiger partial charge < -0.3 is 24.4 Å². The van der Waals surface area contributed by atoms with Crippen molar-refractivity contribution in [1.29, 1.82) is 0 Å². The van der Waals surface area contributed by atoms with Crippen molar-refractivity contribution < 1.29 is 28.3 Å². The minimum atomic E-state index is -0.659. The summed E-state index contributed by atoms with van der Waals surface area (Å²) < 4.78 is 29.2. The third kappa shape index (κ3) is 6.37. The molecule has 0 aromatic heterocycles. The molecule has 0 saturated heterocycles. The number of benzene rings is 2. The first-order chi connectivity index (χ1) is 14.8. The van der Waals surface area contributed by atoms with Crippen molar-refractivity contribution in [3.8, 4) is 11.5 Å². The molecule has 0 bridgehead atoms. The highest BCUT2D eigenvalue weighted by atomic mass is 19.1. The van der Waals surface area contributed by atoms with Crippen LogP contribution >= 0.6 is 0 Å². The van der Waals surface area contributed by atoms with E-state index in [9.17, 15) is 19.3 Å². The Morgan fingerprint density at radius 1 is 1.19 bits per heavy atom. The molecule has 2 aromatic rings. The smallest absolute Gasteiger partial charge is 0.286 e. The van der Waals surface area contributed by atoms with Crippen LogP contribution in [0.15, 0.2) is 36.4 Å². The molecule has 2 aromatic carbocycles. The average molecular weight is 435 g/mol. The summed E-state index contributed by atoms with van der Waals surface area (Å²) in [5.74, 6) is -0.730. The Kier molecular flexibility index (Phi) is 8.71. The SMILES string of the molecule is COCCOc1cc([N+](=O)[O-])c(C(=O)NCC(c2cccc(F)c2)N(C)C)cc1OC. The fourth-order valence-electron chi connectivity index (χ4n) is 2.99. The van der Waals surface area contributed by atoms with E-state index in [1.165, 1.54) is 32.4 Å². The molecule has 0 aliphatic carbocycles. The number of methoxy groups -OCH3 is 2. The number of carbonyl (C=O) groups is 1. The Labute approximate surface area is 179 Å². The lowest BCUT2D eigenvalue weighted by molar-refractivity contribution is -0.385. The van der Waals surface area contributed by atoms with Gasteiger partial charge in [-0.3, -0.25) is 14.9 Å². The van der Waals surface area contributed by atoms with E-state index in [2.05, 4.69) is 5.32 Å². The van der Waals surface area contributed by atoms with E-state index in [1.54, 1.807) is 26.2 Å². The lowest BCUT2D eigenvalue weighted by Gasteiger charge is -2.25. The Balaban J connectivity index is 2.27. The second kappa shape index (κ2) is 11.2. The highest BCUT2D eigenvalue weighted by molar-refractivity contribution is 5.99. The topological polar surface area (TPSA) is 103 Å². The predicted molar refractivity (Wildman–Crippen MR) is 112 cm³/mol. The van der Waals surface area contributed by atoms with Crippen LogP contribution in [0.5, 0.6) is 11.5 Å². The summed E-state index contributed by atoms with van der Waals surface area (Å²) in [5, 5.41) is 14.3. The number of carbonyl (C=O) groups excluding carboxylic acids is 1. The number of nitrogens with one attached hydrogen (secondary N) is 1. The molecule has 31 heavy (non-hydrogen) atoms. The summed E-state index contributed by atoms with van der Waals surface area (Å²) in [6.07, 6.45) is 0. The van der Waals surface area contributed by atoms with Crippen LogP contribution in [0.1, 0.15) is 22.0 Å². The van der Waals surface area contributed by atoms with E-state index in [4.69, 9.17) is 14.2 Å². The van der Waals surface area contributed by atoms with Crippen molar-refractivity contribution >= 4 is 11.6 Å². The number of hydrogen-bond donors (Lipinski definition) is 1. The van der Waals surface area contributed by atoms with Crippen LogP contribution in [0.2, 0.25) is 0 Å². The van der Waals surface area contributed by atoms with Gasteiger partial charge in [-0.1, -0.05) is 12.1 Å². The second-order valence-corrected chi connectivity index (χ2v) is 6.86. The van der Waals surface area contributed by atoms with Crippen molar-refractivity contribution in [3.05, 3.63) is 63.5 Å². The second-order valence-electron chi connectivity index (χ2n) is 6.86. The standard InChI is InChI=1S/C21H26FN3O6/c1-24(2)18(14-6-5-7-15(22)10-14)13-23-21(26)16-11-19(30-4)20(31-9-8-29-3)12-17(16)25(27)28/h5-7,10-12,18H,8-9,13H2,1-4H3,(H,23,26). The van der Waals surface area contributed by atoms with E-state index in [-0.39, 0.29) is 48.7 Å². The number of ether oxygens (including phenoxy) is 3. The van der Waals surface area contributed by atoms with Crippen molar-refractivity contribution in [2.75, 3.05) is 48.1 Å². The normalized spacial score (nSPS) is 11.8. The average Bonchev–Trinajstić information content (AvgIpc) is 2.73. The van der Waals surface area contributed by atoms with E-state index in [0.717, 1.165) is 6.07 Å². The van der Waals surface area contributed by atoms with Crippen LogP contribution in [0.3, 0.4) is 0 Å². The predicted octanol–water partition coefficient (Wildman–Crippen LogP) is 2.80. The van der Waals surface area contributed by atoms with E-state index in [1.807, 2.05) is 4.90 Å². The highest BCUT2D eigenvalue weighted by Gasteiger charge is 2.26. The molecule has 1 atom stereocenters. The molecule has 1 unspecified atom stereocenters. The molecule has 1 N–H and O–H groups in total. The molecule has 0 spiro atoms. The Bertz CT molecular complexity index is 922. The van der Waals surface area contributed by atoms with Gasteiger partial charge in [-0.25, -0.2) is 4.39 Å². The number of halogens is 1.